The minimum atomic E-state index is -0.0177. The SMILES string of the molecule is CCN1CCOC(CNC(=O)C2NCCC2C)C1. The van der Waals surface area contributed by atoms with Gasteiger partial charge in [-0.1, -0.05) is 13.8 Å². The normalized spacial score (nSPS) is 33.6. The maximum absolute atomic E-state index is 12.0. The smallest absolute Gasteiger partial charge is 0.237 e. The standard InChI is InChI=1S/C13H25N3O2/c1-3-16-6-7-18-11(9-16)8-15-13(17)12-10(2)4-5-14-12/h10-12,14H,3-9H2,1-2H3,(H,15,17). The van der Waals surface area contributed by atoms with Crippen molar-refractivity contribution in [3.05, 3.63) is 0 Å². The first-order valence-corrected chi connectivity index (χ1v) is 7.05. The predicted octanol–water partition coefficient (Wildman–Crippen LogP) is -0.179. The second-order valence-electron chi connectivity index (χ2n) is 5.33. The van der Waals surface area contributed by atoms with Crippen LogP contribution in [0.25, 0.3) is 0 Å². The zero-order chi connectivity index (χ0) is 13.0. The van der Waals surface area contributed by atoms with E-state index in [1.54, 1.807) is 0 Å². The molecule has 104 valence electrons. The lowest BCUT2D eigenvalue weighted by atomic mass is 10.0. The van der Waals surface area contributed by atoms with E-state index < -0.39 is 0 Å². The van der Waals surface area contributed by atoms with E-state index in [0.717, 1.165) is 39.2 Å². The molecule has 2 N–H and O–H groups in total. The van der Waals surface area contributed by atoms with E-state index in [-0.39, 0.29) is 18.1 Å². The van der Waals surface area contributed by atoms with E-state index >= 15 is 0 Å². The fourth-order valence-corrected chi connectivity index (χ4v) is 2.70. The highest BCUT2D eigenvalue weighted by atomic mass is 16.5. The van der Waals surface area contributed by atoms with Crippen LogP contribution in [0.5, 0.6) is 0 Å². The summed E-state index contributed by atoms with van der Waals surface area (Å²) in [5, 5.41) is 6.27. The molecule has 0 spiro atoms. The molecule has 0 aliphatic carbocycles. The molecule has 3 unspecified atom stereocenters. The number of carbonyl (C=O) groups excluding carboxylic acids is 1. The second kappa shape index (κ2) is 6.50. The third-order valence-electron chi connectivity index (χ3n) is 3.99. The van der Waals surface area contributed by atoms with Crippen LogP contribution < -0.4 is 10.6 Å². The molecule has 0 saturated carbocycles. The van der Waals surface area contributed by atoms with Crippen molar-refractivity contribution in [3.63, 3.8) is 0 Å². The molecule has 0 bridgehead atoms. The van der Waals surface area contributed by atoms with Crippen molar-refractivity contribution >= 4 is 5.91 Å². The molecule has 18 heavy (non-hydrogen) atoms. The van der Waals surface area contributed by atoms with Crippen LogP contribution in [0, 0.1) is 5.92 Å². The number of carbonyl (C=O) groups is 1. The average Bonchev–Trinajstić information content (AvgIpc) is 2.82. The molecule has 1 amide bonds. The van der Waals surface area contributed by atoms with Crippen molar-refractivity contribution in [1.82, 2.24) is 15.5 Å². The van der Waals surface area contributed by atoms with Gasteiger partial charge >= 0.3 is 0 Å². The molecule has 5 heteroatoms. The van der Waals surface area contributed by atoms with Crippen LogP contribution in [-0.4, -0.2) is 62.3 Å². The number of nitrogens with one attached hydrogen (secondary N) is 2. The van der Waals surface area contributed by atoms with E-state index in [2.05, 4.69) is 29.4 Å². The van der Waals surface area contributed by atoms with Crippen LogP contribution in [0.1, 0.15) is 20.3 Å². The first-order chi connectivity index (χ1) is 8.70. The molecule has 2 aliphatic heterocycles. The highest BCUT2D eigenvalue weighted by molar-refractivity contribution is 5.82. The van der Waals surface area contributed by atoms with Gasteiger partial charge in [-0.3, -0.25) is 9.69 Å². The largest absolute Gasteiger partial charge is 0.374 e. The van der Waals surface area contributed by atoms with E-state index in [1.165, 1.54) is 0 Å². The van der Waals surface area contributed by atoms with Crippen molar-refractivity contribution in [1.29, 1.82) is 0 Å². The summed E-state index contributed by atoms with van der Waals surface area (Å²) in [5.41, 5.74) is 0. The van der Waals surface area contributed by atoms with Crippen molar-refractivity contribution in [3.8, 4) is 0 Å². The second-order valence-corrected chi connectivity index (χ2v) is 5.33. The number of morpholine rings is 1. The molecule has 0 aromatic heterocycles. The van der Waals surface area contributed by atoms with E-state index in [1.807, 2.05) is 0 Å². The van der Waals surface area contributed by atoms with Gasteiger partial charge in [0.25, 0.3) is 0 Å². The van der Waals surface area contributed by atoms with Gasteiger partial charge in [0, 0.05) is 19.6 Å². The van der Waals surface area contributed by atoms with Crippen LogP contribution in [0.2, 0.25) is 0 Å². The Morgan fingerprint density at radius 3 is 3.06 bits per heavy atom. The summed E-state index contributed by atoms with van der Waals surface area (Å²) < 4.78 is 5.67. The molecule has 5 nitrogen and oxygen atoms in total. The first-order valence-electron chi connectivity index (χ1n) is 7.05. The molecule has 0 aromatic rings. The predicted molar refractivity (Wildman–Crippen MR) is 70.4 cm³/mol. The van der Waals surface area contributed by atoms with Crippen molar-refractivity contribution in [2.75, 3.05) is 39.3 Å². The van der Waals surface area contributed by atoms with Gasteiger partial charge in [-0.15, -0.1) is 0 Å². The maximum atomic E-state index is 12.0. The van der Waals surface area contributed by atoms with Gasteiger partial charge in [0.05, 0.1) is 18.8 Å². The lowest BCUT2D eigenvalue weighted by molar-refractivity contribution is -0.124. The van der Waals surface area contributed by atoms with Crippen LogP contribution in [0.4, 0.5) is 0 Å². The number of amides is 1. The summed E-state index contributed by atoms with van der Waals surface area (Å²) >= 11 is 0. The summed E-state index contributed by atoms with van der Waals surface area (Å²) in [6.07, 6.45) is 1.22. The lowest BCUT2D eigenvalue weighted by Crippen LogP contribution is -2.50. The molecule has 0 aromatic carbocycles. The van der Waals surface area contributed by atoms with E-state index in [4.69, 9.17) is 4.74 Å². The highest BCUT2D eigenvalue weighted by Crippen LogP contribution is 2.14. The van der Waals surface area contributed by atoms with Crippen LogP contribution in [0.3, 0.4) is 0 Å². The minimum absolute atomic E-state index is 0.0177. The van der Waals surface area contributed by atoms with Gasteiger partial charge < -0.3 is 15.4 Å². The zero-order valence-corrected chi connectivity index (χ0v) is 11.4. The van der Waals surface area contributed by atoms with E-state index in [0.29, 0.717) is 12.5 Å². The first kappa shape index (κ1) is 13.8. The van der Waals surface area contributed by atoms with Gasteiger partial charge in [-0.05, 0) is 25.4 Å². The quantitative estimate of drug-likeness (QED) is 0.732. The number of rotatable bonds is 4. The summed E-state index contributed by atoms with van der Waals surface area (Å²) in [5.74, 6) is 0.557. The molecule has 0 radical (unpaired) electrons. The topological polar surface area (TPSA) is 53.6 Å². The Hall–Kier alpha value is -0.650. The van der Waals surface area contributed by atoms with Crippen molar-refractivity contribution in [2.45, 2.75) is 32.4 Å². The number of hydrogen-bond donors (Lipinski definition) is 2. The van der Waals surface area contributed by atoms with Crippen LogP contribution in [0.15, 0.2) is 0 Å². The third-order valence-corrected chi connectivity index (χ3v) is 3.99. The number of likely N-dealkylation sites (N-methyl/N-ethyl adjacent to an activating group) is 1. The Labute approximate surface area is 109 Å². The van der Waals surface area contributed by atoms with E-state index in [9.17, 15) is 4.79 Å². The van der Waals surface area contributed by atoms with Gasteiger partial charge in [0.15, 0.2) is 0 Å². The number of nitrogens with zero attached hydrogens (tertiary/aromatic N) is 1. The molecule has 2 heterocycles. The molecule has 2 fully saturated rings. The number of ether oxygens (including phenoxy) is 1. The highest BCUT2D eigenvalue weighted by Gasteiger charge is 2.29. The lowest BCUT2D eigenvalue weighted by Gasteiger charge is -2.32. The summed E-state index contributed by atoms with van der Waals surface area (Å²) in [4.78, 5) is 14.4. The fraction of sp³-hybridized carbons (Fsp3) is 0.923. The third kappa shape index (κ3) is 3.43. The van der Waals surface area contributed by atoms with Crippen LogP contribution in [-0.2, 0) is 9.53 Å². The molecule has 2 saturated heterocycles. The molecule has 3 atom stereocenters. The Balaban J connectivity index is 1.72. The number of hydrogen-bond acceptors (Lipinski definition) is 4. The van der Waals surface area contributed by atoms with Crippen molar-refractivity contribution < 1.29 is 9.53 Å². The zero-order valence-electron chi connectivity index (χ0n) is 11.4. The Kier molecular flexibility index (Phi) is 4.97. The van der Waals surface area contributed by atoms with Gasteiger partial charge in [0.1, 0.15) is 0 Å². The van der Waals surface area contributed by atoms with Gasteiger partial charge in [-0.25, -0.2) is 0 Å². The Bertz CT molecular complexity index is 285. The van der Waals surface area contributed by atoms with Gasteiger partial charge in [0.2, 0.25) is 5.91 Å². The summed E-state index contributed by atoms with van der Waals surface area (Å²) in [6, 6.07) is -0.0177. The Morgan fingerprint density at radius 1 is 1.56 bits per heavy atom. The molecule has 2 aliphatic rings. The summed E-state index contributed by atoms with van der Waals surface area (Å²) in [7, 11) is 0. The summed E-state index contributed by atoms with van der Waals surface area (Å²) in [6.45, 7) is 9.60. The monoisotopic (exact) mass is 255 g/mol. The Morgan fingerprint density at radius 2 is 2.39 bits per heavy atom. The fourth-order valence-electron chi connectivity index (χ4n) is 2.70. The maximum Gasteiger partial charge on any atom is 0.237 e. The minimum Gasteiger partial charge on any atom is -0.374 e. The molecular formula is C13H25N3O2. The van der Waals surface area contributed by atoms with Gasteiger partial charge in [-0.2, -0.15) is 0 Å². The average molecular weight is 255 g/mol. The molecule has 2 rings (SSSR count). The molecular weight excluding hydrogens is 230 g/mol. The van der Waals surface area contributed by atoms with Crippen molar-refractivity contribution in [2.24, 2.45) is 5.92 Å². The van der Waals surface area contributed by atoms with Crippen LogP contribution >= 0.6 is 0 Å².